The lowest BCUT2D eigenvalue weighted by molar-refractivity contribution is 0.242. The van der Waals surface area contributed by atoms with E-state index in [2.05, 4.69) is 21.2 Å². The molecule has 0 bridgehead atoms. The first-order chi connectivity index (χ1) is 7.45. The van der Waals surface area contributed by atoms with Gasteiger partial charge >= 0.3 is 0 Å². The molecule has 0 fully saturated rings. The molecule has 0 aliphatic rings. The summed E-state index contributed by atoms with van der Waals surface area (Å²) in [6.07, 6.45) is 0. The minimum absolute atomic E-state index is 0.0123. The van der Waals surface area contributed by atoms with Gasteiger partial charge in [-0.15, -0.1) is 0 Å². The van der Waals surface area contributed by atoms with E-state index in [9.17, 15) is 9.50 Å². The van der Waals surface area contributed by atoms with Crippen LogP contribution in [0, 0.1) is 5.82 Å². The highest BCUT2D eigenvalue weighted by Crippen LogP contribution is 2.30. The Kier molecular flexibility index (Phi) is 4.70. The molecule has 1 rings (SSSR count). The van der Waals surface area contributed by atoms with Gasteiger partial charge in [-0.3, -0.25) is 0 Å². The third kappa shape index (κ3) is 3.17. The molecule has 0 aliphatic heterocycles. The smallest absolute Gasteiger partial charge is 0.166 e. The molecule has 0 saturated heterocycles. The van der Waals surface area contributed by atoms with E-state index in [0.29, 0.717) is 10.0 Å². The molecular weight excluding hydrogens is 277 g/mol. The summed E-state index contributed by atoms with van der Waals surface area (Å²) in [7, 11) is 0. The number of aliphatic hydroxyl groups excluding tert-OH is 1. The van der Waals surface area contributed by atoms with E-state index in [0.717, 1.165) is 0 Å². The molecule has 3 nitrogen and oxygen atoms in total. The van der Waals surface area contributed by atoms with Gasteiger partial charge in [-0.2, -0.15) is 0 Å². The van der Waals surface area contributed by atoms with E-state index in [4.69, 9.17) is 5.11 Å². The minimum Gasteiger partial charge on any atom is -0.505 e. The highest BCUT2D eigenvalue weighted by Gasteiger charge is 2.16. The lowest BCUT2D eigenvalue weighted by Gasteiger charge is -2.20. The maximum absolute atomic E-state index is 13.3. The van der Waals surface area contributed by atoms with Crippen LogP contribution in [-0.4, -0.2) is 22.9 Å². The zero-order chi connectivity index (χ0) is 12.3. The molecule has 0 saturated carbocycles. The number of benzene rings is 1. The fourth-order valence-electron chi connectivity index (χ4n) is 1.49. The van der Waals surface area contributed by atoms with Crippen molar-refractivity contribution in [2.24, 2.45) is 0 Å². The number of aliphatic hydroxyl groups is 1. The van der Waals surface area contributed by atoms with Gasteiger partial charge in [0.05, 0.1) is 6.61 Å². The van der Waals surface area contributed by atoms with Crippen molar-refractivity contribution in [3.63, 3.8) is 0 Å². The van der Waals surface area contributed by atoms with E-state index in [1.807, 2.05) is 6.92 Å². The van der Waals surface area contributed by atoms with E-state index < -0.39 is 5.82 Å². The van der Waals surface area contributed by atoms with E-state index >= 15 is 0 Å². The van der Waals surface area contributed by atoms with Gasteiger partial charge in [-0.05, 0) is 26.0 Å². The number of phenolic OH excluding ortho intramolecular Hbond substituents is 1. The number of hydrogen-bond donors (Lipinski definition) is 3. The molecular formula is C11H15BrFNO2. The first-order valence-electron chi connectivity index (χ1n) is 5.00. The van der Waals surface area contributed by atoms with Crippen LogP contribution in [0.2, 0.25) is 0 Å². The minimum atomic E-state index is -0.658. The van der Waals surface area contributed by atoms with Crippen molar-refractivity contribution in [2.75, 3.05) is 6.61 Å². The third-order valence-electron chi connectivity index (χ3n) is 2.33. The molecule has 0 aliphatic carbocycles. The summed E-state index contributed by atoms with van der Waals surface area (Å²) in [6, 6.07) is 2.51. The first-order valence-corrected chi connectivity index (χ1v) is 5.79. The van der Waals surface area contributed by atoms with Crippen molar-refractivity contribution < 1.29 is 14.6 Å². The molecule has 2 atom stereocenters. The van der Waals surface area contributed by atoms with Crippen LogP contribution in [-0.2, 0) is 0 Å². The molecule has 0 radical (unpaired) electrons. The Morgan fingerprint density at radius 3 is 2.62 bits per heavy atom. The first kappa shape index (κ1) is 13.4. The van der Waals surface area contributed by atoms with Crippen LogP contribution in [0.4, 0.5) is 4.39 Å². The van der Waals surface area contributed by atoms with Crippen molar-refractivity contribution in [1.29, 1.82) is 0 Å². The monoisotopic (exact) mass is 291 g/mol. The van der Waals surface area contributed by atoms with Crippen molar-refractivity contribution in [1.82, 2.24) is 5.32 Å². The topological polar surface area (TPSA) is 52.5 Å². The average Bonchev–Trinajstić information content (AvgIpc) is 2.22. The van der Waals surface area contributed by atoms with Crippen LogP contribution in [0.25, 0.3) is 0 Å². The van der Waals surface area contributed by atoms with Crippen molar-refractivity contribution in [3.05, 3.63) is 28.0 Å². The fraction of sp³-hybridized carbons (Fsp3) is 0.455. The van der Waals surface area contributed by atoms with Crippen molar-refractivity contribution >= 4 is 15.9 Å². The number of halogens is 2. The number of aromatic hydroxyl groups is 1. The maximum Gasteiger partial charge on any atom is 0.166 e. The largest absolute Gasteiger partial charge is 0.505 e. The van der Waals surface area contributed by atoms with Crippen LogP contribution < -0.4 is 5.32 Å². The molecule has 1 aromatic rings. The Bertz CT molecular complexity index is 373. The van der Waals surface area contributed by atoms with Crippen LogP contribution in [0.1, 0.15) is 25.5 Å². The molecule has 0 aromatic heterocycles. The second-order valence-electron chi connectivity index (χ2n) is 3.80. The molecule has 16 heavy (non-hydrogen) atoms. The zero-order valence-electron chi connectivity index (χ0n) is 9.17. The Balaban J connectivity index is 2.94. The fourth-order valence-corrected chi connectivity index (χ4v) is 1.93. The Morgan fingerprint density at radius 2 is 2.06 bits per heavy atom. The summed E-state index contributed by atoms with van der Waals surface area (Å²) in [5, 5.41) is 21.5. The van der Waals surface area contributed by atoms with Crippen LogP contribution >= 0.6 is 15.9 Å². The predicted molar refractivity (Wildman–Crippen MR) is 63.9 cm³/mol. The zero-order valence-corrected chi connectivity index (χ0v) is 10.8. The highest BCUT2D eigenvalue weighted by molar-refractivity contribution is 9.10. The molecule has 90 valence electrons. The summed E-state index contributed by atoms with van der Waals surface area (Å²) < 4.78 is 13.8. The molecule has 0 heterocycles. The Labute approximate surface area is 102 Å². The number of rotatable bonds is 4. The van der Waals surface area contributed by atoms with E-state index in [-0.39, 0.29) is 24.4 Å². The maximum atomic E-state index is 13.3. The number of phenols is 1. The predicted octanol–water partition coefficient (Wildman–Crippen LogP) is 2.33. The molecule has 2 unspecified atom stereocenters. The van der Waals surface area contributed by atoms with Gasteiger partial charge in [0.15, 0.2) is 11.6 Å². The van der Waals surface area contributed by atoms with Gasteiger partial charge in [-0.25, -0.2) is 4.39 Å². The second-order valence-corrected chi connectivity index (χ2v) is 4.71. The van der Waals surface area contributed by atoms with Gasteiger partial charge in [0.1, 0.15) is 0 Å². The number of nitrogens with one attached hydrogen (secondary N) is 1. The van der Waals surface area contributed by atoms with Gasteiger partial charge in [0.25, 0.3) is 0 Å². The van der Waals surface area contributed by atoms with Crippen molar-refractivity contribution in [2.45, 2.75) is 25.9 Å². The lowest BCUT2D eigenvalue weighted by Crippen LogP contribution is -2.31. The molecule has 5 heteroatoms. The van der Waals surface area contributed by atoms with Crippen LogP contribution in [0.15, 0.2) is 16.6 Å². The second kappa shape index (κ2) is 5.61. The SMILES string of the molecule is CC(CO)NC(C)c1cc(Br)cc(F)c1O. The summed E-state index contributed by atoms with van der Waals surface area (Å²) >= 11 is 3.17. The normalized spacial score (nSPS) is 14.8. The molecule has 0 spiro atoms. The third-order valence-corrected chi connectivity index (χ3v) is 2.79. The summed E-state index contributed by atoms with van der Waals surface area (Å²) in [5.74, 6) is -1.01. The number of hydrogen-bond acceptors (Lipinski definition) is 3. The van der Waals surface area contributed by atoms with Gasteiger partial charge in [-0.1, -0.05) is 15.9 Å². The van der Waals surface area contributed by atoms with Crippen LogP contribution in [0.3, 0.4) is 0 Å². The van der Waals surface area contributed by atoms with Gasteiger partial charge in [0.2, 0.25) is 0 Å². The molecule has 0 amide bonds. The van der Waals surface area contributed by atoms with E-state index in [1.54, 1.807) is 13.0 Å². The Hall–Kier alpha value is -0.650. The van der Waals surface area contributed by atoms with Crippen LogP contribution in [0.5, 0.6) is 5.75 Å². The summed E-state index contributed by atoms with van der Waals surface area (Å²) in [5.41, 5.74) is 0.465. The van der Waals surface area contributed by atoms with E-state index in [1.165, 1.54) is 6.07 Å². The molecule has 1 aromatic carbocycles. The van der Waals surface area contributed by atoms with Crippen molar-refractivity contribution in [3.8, 4) is 5.75 Å². The molecule has 3 N–H and O–H groups in total. The standard InChI is InChI=1S/C11H15BrFNO2/c1-6(5-15)14-7(2)9-3-8(12)4-10(13)11(9)16/h3-4,6-7,14-16H,5H2,1-2H3. The average molecular weight is 292 g/mol. The van der Waals surface area contributed by atoms with Gasteiger partial charge in [0, 0.05) is 22.1 Å². The quantitative estimate of drug-likeness (QED) is 0.798. The summed E-state index contributed by atoms with van der Waals surface area (Å²) in [6.45, 7) is 3.59. The Morgan fingerprint density at radius 1 is 1.44 bits per heavy atom. The highest BCUT2D eigenvalue weighted by atomic mass is 79.9. The van der Waals surface area contributed by atoms with Gasteiger partial charge < -0.3 is 15.5 Å². The summed E-state index contributed by atoms with van der Waals surface area (Å²) in [4.78, 5) is 0. The lowest BCUT2D eigenvalue weighted by atomic mass is 10.1.